The van der Waals surface area contributed by atoms with Crippen LogP contribution in [0, 0.1) is 0 Å². The molecule has 0 saturated heterocycles. The van der Waals surface area contributed by atoms with Crippen LogP contribution >= 0.6 is 0 Å². The third-order valence-corrected chi connectivity index (χ3v) is 3.69. The summed E-state index contributed by atoms with van der Waals surface area (Å²) in [4.78, 5) is 22.6. The van der Waals surface area contributed by atoms with Crippen LogP contribution in [0.1, 0.15) is 44.7 Å². The molecule has 0 aliphatic carbocycles. The fraction of sp³-hybridized carbons (Fsp3) is 0.368. The second kappa shape index (κ2) is 7.21. The average molecular weight is 298 g/mol. The monoisotopic (exact) mass is 298 g/mol. The summed E-state index contributed by atoms with van der Waals surface area (Å²) < 4.78 is 5.07. The van der Waals surface area contributed by atoms with E-state index in [1.807, 2.05) is 18.2 Å². The van der Waals surface area contributed by atoms with E-state index in [9.17, 15) is 9.59 Å². The molecule has 1 aliphatic heterocycles. The molecule has 22 heavy (non-hydrogen) atoms. The maximum Gasteiger partial charge on any atom is 0.380 e. The number of esters is 1. The van der Waals surface area contributed by atoms with Crippen molar-refractivity contribution in [2.75, 3.05) is 0 Å². The minimum atomic E-state index is -0.752. The van der Waals surface area contributed by atoms with E-state index in [0.29, 0.717) is 5.75 Å². The Balaban J connectivity index is 1.99. The lowest BCUT2D eigenvalue weighted by molar-refractivity contribution is -0.147. The molecule has 1 aliphatic rings. The molecule has 116 valence electrons. The van der Waals surface area contributed by atoms with Gasteiger partial charge in [-0.15, -0.1) is 0 Å². The van der Waals surface area contributed by atoms with Crippen molar-refractivity contribution < 1.29 is 14.3 Å². The second-order valence-corrected chi connectivity index (χ2v) is 6.01. The molecular weight excluding hydrogens is 276 g/mol. The predicted molar refractivity (Wildman–Crippen MR) is 86.9 cm³/mol. The number of benzene rings is 1. The van der Waals surface area contributed by atoms with Gasteiger partial charge in [-0.1, -0.05) is 35.4 Å². The lowest BCUT2D eigenvalue weighted by atomic mass is 10.0. The molecular formula is C19H22O3. The number of carbonyl (C=O) groups excluding carboxylic acids is 2. The molecule has 3 heteroatoms. The van der Waals surface area contributed by atoms with Gasteiger partial charge < -0.3 is 4.74 Å². The quantitative estimate of drug-likeness (QED) is 0.358. The molecule has 0 amide bonds. The van der Waals surface area contributed by atoms with Crippen LogP contribution in [0.3, 0.4) is 0 Å². The van der Waals surface area contributed by atoms with Crippen molar-refractivity contribution in [3.63, 3.8) is 0 Å². The predicted octanol–water partition coefficient (Wildman–Crippen LogP) is 3.95. The second-order valence-electron chi connectivity index (χ2n) is 6.01. The first-order chi connectivity index (χ1) is 10.5. The maximum absolute atomic E-state index is 11.3. The summed E-state index contributed by atoms with van der Waals surface area (Å²) in [5, 5.41) is 0. The highest BCUT2D eigenvalue weighted by Crippen LogP contribution is 2.25. The highest BCUT2D eigenvalue weighted by Gasteiger charge is 2.25. The Morgan fingerprint density at radius 2 is 1.95 bits per heavy atom. The van der Waals surface area contributed by atoms with Crippen LogP contribution in [0.4, 0.5) is 0 Å². The number of fused-ring (bicyclic) bond motifs is 1. The Hall–Kier alpha value is -2.16. The Kier molecular flexibility index (Phi) is 5.31. The van der Waals surface area contributed by atoms with Crippen LogP contribution in [0.2, 0.25) is 0 Å². The number of Topliss-reactive ketones (excluding diaryl/α,β-unsaturated/α-hetero) is 1. The fourth-order valence-corrected chi connectivity index (χ4v) is 2.35. The van der Waals surface area contributed by atoms with Crippen LogP contribution in [-0.4, -0.2) is 11.8 Å². The molecule has 1 heterocycles. The van der Waals surface area contributed by atoms with E-state index in [4.69, 9.17) is 4.74 Å². The minimum Gasteiger partial charge on any atom is -0.420 e. The zero-order chi connectivity index (χ0) is 16.1. The number of carbonyl (C=O) groups is 2. The normalized spacial score (nSPS) is 14.4. The number of ketones is 1. The maximum atomic E-state index is 11.3. The van der Waals surface area contributed by atoms with Gasteiger partial charge in [0.15, 0.2) is 0 Å². The number of hydrogen-bond donors (Lipinski definition) is 0. The Labute approximate surface area is 131 Å². The molecule has 1 aromatic carbocycles. The first kappa shape index (κ1) is 16.2. The smallest absolute Gasteiger partial charge is 0.380 e. The van der Waals surface area contributed by atoms with Crippen molar-refractivity contribution in [1.82, 2.24) is 0 Å². The van der Waals surface area contributed by atoms with Crippen LogP contribution in [0.15, 0.2) is 41.5 Å². The van der Waals surface area contributed by atoms with Crippen LogP contribution < -0.4 is 4.74 Å². The van der Waals surface area contributed by atoms with Gasteiger partial charge >= 0.3 is 5.97 Å². The zero-order valence-electron chi connectivity index (χ0n) is 13.4. The van der Waals surface area contributed by atoms with Crippen molar-refractivity contribution in [2.45, 2.75) is 46.5 Å². The van der Waals surface area contributed by atoms with E-state index in [1.54, 1.807) is 0 Å². The summed E-state index contributed by atoms with van der Waals surface area (Å²) in [5.74, 6) is -0.703. The molecule has 0 fully saturated rings. The van der Waals surface area contributed by atoms with E-state index in [2.05, 4.69) is 32.9 Å². The van der Waals surface area contributed by atoms with Crippen molar-refractivity contribution in [3.8, 4) is 5.75 Å². The summed E-state index contributed by atoms with van der Waals surface area (Å²) in [6.45, 7) is 6.35. The Bertz CT molecular complexity index is 647. The van der Waals surface area contributed by atoms with Crippen molar-refractivity contribution in [2.24, 2.45) is 0 Å². The van der Waals surface area contributed by atoms with E-state index in [1.165, 1.54) is 11.1 Å². The molecule has 0 radical (unpaired) electrons. The lowest BCUT2D eigenvalue weighted by Crippen LogP contribution is -2.27. The number of rotatable bonds is 5. The zero-order valence-corrected chi connectivity index (χ0v) is 13.4. The summed E-state index contributed by atoms with van der Waals surface area (Å²) in [5.41, 5.74) is 4.57. The molecule has 0 bridgehead atoms. The van der Waals surface area contributed by atoms with Gasteiger partial charge in [0.2, 0.25) is 5.78 Å². The summed E-state index contributed by atoms with van der Waals surface area (Å²) in [6.07, 6.45) is 7.52. The van der Waals surface area contributed by atoms with Crippen molar-refractivity contribution >= 4 is 11.8 Å². The first-order valence-corrected chi connectivity index (χ1v) is 7.61. The third-order valence-electron chi connectivity index (χ3n) is 3.69. The molecule has 0 aromatic heterocycles. The van der Waals surface area contributed by atoms with Gasteiger partial charge in [-0.3, -0.25) is 4.79 Å². The molecule has 0 N–H and O–H groups in total. The number of hydrogen-bond acceptors (Lipinski definition) is 3. The SMILES string of the molecule is CC(C)=CCC/C(C)=C/Cc1ccc2c(c1)OC(=O)C(=O)C2. The van der Waals surface area contributed by atoms with Crippen LogP contribution in [-0.2, 0) is 22.4 Å². The van der Waals surface area contributed by atoms with E-state index >= 15 is 0 Å². The van der Waals surface area contributed by atoms with E-state index in [0.717, 1.165) is 30.4 Å². The third kappa shape index (κ3) is 4.42. The molecule has 0 spiro atoms. The van der Waals surface area contributed by atoms with Gasteiger partial charge in [-0.25, -0.2) is 4.79 Å². The van der Waals surface area contributed by atoms with Gasteiger partial charge in [-0.05, 0) is 51.7 Å². The topological polar surface area (TPSA) is 43.4 Å². The molecule has 3 nitrogen and oxygen atoms in total. The summed E-state index contributed by atoms with van der Waals surface area (Å²) >= 11 is 0. The van der Waals surface area contributed by atoms with Gasteiger partial charge in [0.05, 0.1) is 0 Å². The largest absolute Gasteiger partial charge is 0.420 e. The fourth-order valence-electron chi connectivity index (χ4n) is 2.35. The number of allylic oxidation sites excluding steroid dienone is 4. The molecule has 0 saturated carbocycles. The minimum absolute atomic E-state index is 0.145. The molecule has 0 atom stereocenters. The summed E-state index contributed by atoms with van der Waals surface area (Å²) in [6, 6.07) is 5.73. The van der Waals surface area contributed by atoms with Gasteiger partial charge in [0, 0.05) is 12.0 Å². The highest BCUT2D eigenvalue weighted by atomic mass is 16.5. The molecule has 1 aromatic rings. The lowest BCUT2D eigenvalue weighted by Gasteiger charge is -2.15. The Morgan fingerprint density at radius 1 is 1.18 bits per heavy atom. The number of ether oxygens (including phenoxy) is 1. The average Bonchev–Trinajstić information content (AvgIpc) is 2.46. The first-order valence-electron chi connectivity index (χ1n) is 7.61. The van der Waals surface area contributed by atoms with E-state index < -0.39 is 11.8 Å². The molecule has 0 unspecified atom stereocenters. The van der Waals surface area contributed by atoms with Gasteiger partial charge in [-0.2, -0.15) is 0 Å². The highest BCUT2D eigenvalue weighted by molar-refractivity contribution is 6.35. The van der Waals surface area contributed by atoms with Crippen LogP contribution in [0.5, 0.6) is 5.75 Å². The van der Waals surface area contributed by atoms with Crippen molar-refractivity contribution in [3.05, 3.63) is 52.6 Å². The standard InChI is InChI=1S/C19H22O3/c1-13(2)5-4-6-14(3)7-8-15-9-10-16-12-17(20)19(21)22-18(16)11-15/h5,7,9-11H,4,6,8,12H2,1-3H3/b14-7+. The van der Waals surface area contributed by atoms with Crippen molar-refractivity contribution in [1.29, 1.82) is 0 Å². The van der Waals surface area contributed by atoms with Gasteiger partial charge in [0.25, 0.3) is 0 Å². The van der Waals surface area contributed by atoms with Crippen LogP contribution in [0.25, 0.3) is 0 Å². The Morgan fingerprint density at radius 3 is 2.68 bits per heavy atom. The summed E-state index contributed by atoms with van der Waals surface area (Å²) in [7, 11) is 0. The molecule has 2 rings (SSSR count). The van der Waals surface area contributed by atoms with E-state index in [-0.39, 0.29) is 6.42 Å². The van der Waals surface area contributed by atoms with Gasteiger partial charge in [0.1, 0.15) is 5.75 Å².